The SMILES string of the molecule is N#[N+]c1ccccc1C(F)(F)F.Nc1ccccc1. The van der Waals surface area contributed by atoms with Gasteiger partial charge in [0.25, 0.3) is 0 Å². The monoisotopic (exact) mass is 266 g/mol. The molecule has 0 aliphatic heterocycles. The van der Waals surface area contributed by atoms with Gasteiger partial charge in [0.05, 0.1) is 0 Å². The first-order chi connectivity index (χ1) is 8.95. The van der Waals surface area contributed by atoms with Gasteiger partial charge in [-0.3, -0.25) is 0 Å². The minimum absolute atomic E-state index is 0.468. The topological polar surface area (TPSA) is 54.2 Å². The number of hydrogen-bond donors (Lipinski definition) is 1. The highest BCUT2D eigenvalue weighted by Crippen LogP contribution is 2.35. The number of nitrogens with two attached hydrogens (primary N) is 1. The number of nitrogens with zero attached hydrogens (tertiary/aromatic N) is 2. The molecule has 2 N–H and O–H groups in total. The van der Waals surface area contributed by atoms with Crippen LogP contribution in [0, 0.1) is 5.39 Å². The van der Waals surface area contributed by atoms with Gasteiger partial charge in [-0.05, 0) is 18.2 Å². The predicted molar refractivity (Wildman–Crippen MR) is 67.0 cm³/mol. The summed E-state index contributed by atoms with van der Waals surface area (Å²) < 4.78 is 36.2. The predicted octanol–water partition coefficient (Wildman–Crippen LogP) is 4.46. The highest BCUT2D eigenvalue weighted by Gasteiger charge is 2.38. The van der Waals surface area contributed by atoms with Gasteiger partial charge in [-0.15, -0.1) is 0 Å². The lowest BCUT2D eigenvalue weighted by Gasteiger charge is -2.01. The van der Waals surface area contributed by atoms with Gasteiger partial charge in [0.15, 0.2) is 10.5 Å². The van der Waals surface area contributed by atoms with Crippen molar-refractivity contribution in [3.05, 3.63) is 65.1 Å². The van der Waals surface area contributed by atoms with Crippen LogP contribution in [0.2, 0.25) is 0 Å². The molecule has 0 saturated heterocycles. The molecule has 0 bridgehead atoms. The second kappa shape index (κ2) is 6.40. The van der Waals surface area contributed by atoms with Crippen LogP contribution in [0.4, 0.5) is 24.5 Å². The number of para-hydroxylation sites is 1. The summed E-state index contributed by atoms with van der Waals surface area (Å²) in [7, 11) is 0. The maximum absolute atomic E-state index is 12.1. The van der Waals surface area contributed by atoms with E-state index in [1.54, 1.807) is 0 Å². The number of benzene rings is 2. The third-order valence-corrected chi connectivity index (χ3v) is 2.12. The summed E-state index contributed by atoms with van der Waals surface area (Å²) in [5, 5.41) is 8.21. The fraction of sp³-hybridized carbons (Fsp3) is 0.0769. The Morgan fingerprint density at radius 2 is 1.42 bits per heavy atom. The van der Waals surface area contributed by atoms with Gasteiger partial charge < -0.3 is 5.73 Å². The summed E-state index contributed by atoms with van der Waals surface area (Å²) in [6.07, 6.45) is -4.47. The molecule has 0 radical (unpaired) electrons. The molecule has 3 nitrogen and oxygen atoms in total. The molecule has 0 aliphatic carbocycles. The molecule has 0 amide bonds. The highest BCUT2D eigenvalue weighted by molar-refractivity contribution is 5.52. The van der Waals surface area contributed by atoms with Gasteiger partial charge in [0, 0.05) is 11.8 Å². The maximum atomic E-state index is 12.1. The van der Waals surface area contributed by atoms with Crippen molar-refractivity contribution in [2.24, 2.45) is 0 Å². The molecule has 0 unspecified atom stereocenters. The second-order valence-corrected chi connectivity index (χ2v) is 3.53. The van der Waals surface area contributed by atoms with Crippen LogP contribution in [-0.2, 0) is 6.18 Å². The van der Waals surface area contributed by atoms with E-state index in [-0.39, 0.29) is 0 Å². The van der Waals surface area contributed by atoms with Crippen LogP contribution >= 0.6 is 0 Å². The zero-order valence-corrected chi connectivity index (χ0v) is 9.80. The molecule has 0 aromatic heterocycles. The van der Waals surface area contributed by atoms with Crippen molar-refractivity contribution in [2.45, 2.75) is 6.18 Å². The van der Waals surface area contributed by atoms with Gasteiger partial charge in [-0.2, -0.15) is 13.2 Å². The van der Waals surface area contributed by atoms with Crippen LogP contribution in [0.5, 0.6) is 0 Å². The highest BCUT2D eigenvalue weighted by atomic mass is 19.4. The summed E-state index contributed by atoms with van der Waals surface area (Å²) >= 11 is 0. The van der Waals surface area contributed by atoms with Crippen LogP contribution < -0.4 is 5.73 Å². The Hall–Kier alpha value is -2.55. The van der Waals surface area contributed by atoms with E-state index in [0.29, 0.717) is 0 Å². The van der Waals surface area contributed by atoms with Crippen molar-refractivity contribution in [1.29, 1.82) is 5.39 Å². The van der Waals surface area contributed by atoms with Gasteiger partial charge in [-0.25, -0.2) is 0 Å². The lowest BCUT2D eigenvalue weighted by molar-refractivity contribution is -0.136. The Bertz CT molecular complexity index is 559. The van der Waals surface area contributed by atoms with Crippen molar-refractivity contribution >= 4 is 11.4 Å². The van der Waals surface area contributed by atoms with E-state index >= 15 is 0 Å². The quantitative estimate of drug-likeness (QED) is 0.565. The molecule has 0 spiro atoms. The van der Waals surface area contributed by atoms with E-state index in [1.807, 2.05) is 30.3 Å². The first kappa shape index (κ1) is 14.5. The van der Waals surface area contributed by atoms with Crippen LogP contribution in [0.1, 0.15) is 5.56 Å². The molecule has 0 fully saturated rings. The largest absolute Gasteiger partial charge is 0.424 e. The number of nitrogen functional groups attached to an aromatic ring is 1. The van der Waals surface area contributed by atoms with Crippen molar-refractivity contribution in [3.63, 3.8) is 0 Å². The molecule has 0 atom stereocenters. The molecule has 0 aliphatic rings. The molecule has 2 rings (SSSR count). The minimum Gasteiger partial charge on any atom is -0.399 e. The summed E-state index contributed by atoms with van der Waals surface area (Å²) in [5.74, 6) is 0. The van der Waals surface area contributed by atoms with Gasteiger partial charge >= 0.3 is 11.9 Å². The van der Waals surface area contributed by atoms with E-state index in [4.69, 9.17) is 11.1 Å². The van der Waals surface area contributed by atoms with E-state index < -0.39 is 17.4 Å². The number of alkyl halides is 3. The van der Waals surface area contributed by atoms with E-state index in [0.717, 1.165) is 17.8 Å². The fourth-order valence-corrected chi connectivity index (χ4v) is 1.25. The lowest BCUT2D eigenvalue weighted by Crippen LogP contribution is -2.04. The van der Waals surface area contributed by atoms with Crippen molar-refractivity contribution in [3.8, 4) is 0 Å². The third-order valence-electron chi connectivity index (χ3n) is 2.12. The molecule has 0 heterocycles. The first-order valence-electron chi connectivity index (χ1n) is 5.27. The molecule has 19 heavy (non-hydrogen) atoms. The number of diazo groups is 1. The zero-order chi connectivity index (χ0) is 14.3. The van der Waals surface area contributed by atoms with Gasteiger partial charge in [0.1, 0.15) is 0 Å². The van der Waals surface area contributed by atoms with Crippen molar-refractivity contribution in [1.82, 2.24) is 0 Å². The molecule has 2 aromatic carbocycles. The summed E-state index contributed by atoms with van der Waals surface area (Å²) in [5.41, 5.74) is 4.77. The molecule has 0 saturated carbocycles. The van der Waals surface area contributed by atoms with E-state index in [2.05, 4.69) is 4.98 Å². The number of halogens is 3. The van der Waals surface area contributed by atoms with Crippen molar-refractivity contribution in [2.75, 3.05) is 5.73 Å². The third kappa shape index (κ3) is 4.68. The van der Waals surface area contributed by atoms with Crippen LogP contribution in [0.3, 0.4) is 0 Å². The minimum atomic E-state index is -4.47. The Labute approximate surface area is 108 Å². The molecule has 98 valence electrons. The van der Waals surface area contributed by atoms with Crippen LogP contribution in [0.25, 0.3) is 4.98 Å². The van der Waals surface area contributed by atoms with Crippen LogP contribution in [0.15, 0.2) is 54.6 Å². The Morgan fingerprint density at radius 3 is 1.79 bits per heavy atom. The van der Waals surface area contributed by atoms with E-state index in [1.165, 1.54) is 12.1 Å². The van der Waals surface area contributed by atoms with E-state index in [9.17, 15) is 13.2 Å². The molecular weight excluding hydrogens is 255 g/mol. The van der Waals surface area contributed by atoms with Crippen molar-refractivity contribution < 1.29 is 13.2 Å². The summed E-state index contributed by atoms with van der Waals surface area (Å²) in [6.45, 7) is 0. The summed E-state index contributed by atoms with van der Waals surface area (Å²) in [6, 6.07) is 14.0. The Kier molecular flexibility index (Phi) is 4.89. The normalized spacial score (nSPS) is 10.0. The zero-order valence-electron chi connectivity index (χ0n) is 9.80. The average Bonchev–Trinajstić information content (AvgIpc) is 2.39. The van der Waals surface area contributed by atoms with Gasteiger partial charge in [0.2, 0.25) is 5.39 Å². The second-order valence-electron chi connectivity index (χ2n) is 3.53. The number of hydrogen-bond acceptors (Lipinski definition) is 2. The maximum Gasteiger partial charge on any atom is 0.424 e. The fourth-order valence-electron chi connectivity index (χ4n) is 1.25. The van der Waals surface area contributed by atoms with Gasteiger partial charge in [-0.1, -0.05) is 30.3 Å². The molecule has 6 heteroatoms. The average molecular weight is 266 g/mol. The number of anilines is 1. The Morgan fingerprint density at radius 1 is 0.895 bits per heavy atom. The standard InChI is InChI=1S/C7H4F3N2.C6H7N/c8-7(9,10)5-3-1-2-4-6(5)12-11;7-6-4-2-1-3-5-6/h1-4H;1-5H,7H2/q+1;. The number of rotatable bonds is 0. The van der Waals surface area contributed by atoms with Crippen LogP contribution in [-0.4, -0.2) is 0 Å². The Balaban J connectivity index is 0.000000218. The smallest absolute Gasteiger partial charge is 0.399 e. The lowest BCUT2D eigenvalue weighted by atomic mass is 10.2. The molecular formula is C13H11F3N3+. The molecule has 2 aromatic rings. The summed E-state index contributed by atoms with van der Waals surface area (Å²) in [4.78, 5) is 2.52. The first-order valence-corrected chi connectivity index (χ1v) is 5.27.